The highest BCUT2D eigenvalue weighted by atomic mass is 31.2. The number of amides is 1. The number of quaternary nitrogens is 1. The molecule has 0 aromatic rings. The minimum Gasteiger partial charge on any atom is -0.756 e. The molecule has 0 saturated carbocycles. The molecule has 0 fully saturated rings. The molecule has 450 valence electrons. The number of allylic oxidation sites excluding steroid dienone is 5. The summed E-state index contributed by atoms with van der Waals surface area (Å²) in [7, 11) is 1.25. The van der Waals surface area contributed by atoms with Gasteiger partial charge < -0.3 is 28.8 Å². The molecule has 0 aromatic carbocycles. The molecule has 0 aliphatic carbocycles. The molecule has 76 heavy (non-hydrogen) atoms. The number of phosphoric acid groups is 1. The van der Waals surface area contributed by atoms with Gasteiger partial charge in [-0.25, -0.2) is 0 Å². The second-order valence-electron chi connectivity index (χ2n) is 24.2. The summed E-state index contributed by atoms with van der Waals surface area (Å²) in [5, 5.41) is 13.9. The van der Waals surface area contributed by atoms with Gasteiger partial charge >= 0.3 is 0 Å². The topological polar surface area (TPSA) is 108 Å². The van der Waals surface area contributed by atoms with E-state index in [0.717, 1.165) is 44.9 Å². The third-order valence-electron chi connectivity index (χ3n) is 15.3. The van der Waals surface area contributed by atoms with E-state index < -0.39 is 26.6 Å². The smallest absolute Gasteiger partial charge is 0.268 e. The molecule has 0 aliphatic rings. The Hall–Kier alpha value is -1.28. The van der Waals surface area contributed by atoms with Crippen LogP contribution in [0.5, 0.6) is 0 Å². The van der Waals surface area contributed by atoms with E-state index >= 15 is 0 Å². The third-order valence-corrected chi connectivity index (χ3v) is 16.3. The van der Waals surface area contributed by atoms with Crippen molar-refractivity contribution < 1.29 is 32.9 Å². The normalized spacial score (nSPS) is 13.9. The number of hydrogen-bond acceptors (Lipinski definition) is 6. The monoisotopic (exact) mass is 1090 g/mol. The van der Waals surface area contributed by atoms with Gasteiger partial charge in [0.05, 0.1) is 39.9 Å². The van der Waals surface area contributed by atoms with Crippen molar-refractivity contribution in [2.45, 2.75) is 347 Å². The van der Waals surface area contributed by atoms with E-state index in [1.54, 1.807) is 6.08 Å². The molecule has 8 nitrogen and oxygen atoms in total. The molecule has 0 aliphatic heterocycles. The largest absolute Gasteiger partial charge is 0.756 e. The lowest BCUT2D eigenvalue weighted by Gasteiger charge is -2.29. The quantitative estimate of drug-likeness (QED) is 0.0272. The van der Waals surface area contributed by atoms with E-state index in [-0.39, 0.29) is 12.5 Å². The number of aliphatic hydroxyl groups excluding tert-OH is 1. The fourth-order valence-electron chi connectivity index (χ4n) is 10.1. The zero-order valence-electron chi connectivity index (χ0n) is 51.5. The van der Waals surface area contributed by atoms with E-state index in [9.17, 15) is 19.4 Å². The van der Waals surface area contributed by atoms with Crippen molar-refractivity contribution in [2.24, 2.45) is 0 Å². The van der Waals surface area contributed by atoms with Gasteiger partial charge in [0.1, 0.15) is 13.2 Å². The SMILES string of the molecule is CCCCCCCCCCCCCCCCC/C=C/CC/C=C/CC/C=C/C(O)C(COP(=O)([O-])OCC[N+](C)(C)C)NC(=O)CCCCCCCCCCCCCCCCCCCCCCCCCCCCCCC. The van der Waals surface area contributed by atoms with Gasteiger partial charge in [-0.15, -0.1) is 0 Å². The lowest BCUT2D eigenvalue weighted by Crippen LogP contribution is -2.45. The molecule has 2 N–H and O–H groups in total. The molecule has 0 spiro atoms. The van der Waals surface area contributed by atoms with Crippen LogP contribution < -0.4 is 10.2 Å². The Kier molecular flexibility index (Phi) is 57.4. The van der Waals surface area contributed by atoms with Crippen LogP contribution in [0.25, 0.3) is 0 Å². The zero-order valence-corrected chi connectivity index (χ0v) is 52.4. The number of unbranched alkanes of at least 4 members (excludes halogenated alkanes) is 45. The Labute approximate surface area is 474 Å². The van der Waals surface area contributed by atoms with Gasteiger partial charge in [-0.2, -0.15) is 0 Å². The van der Waals surface area contributed by atoms with Crippen LogP contribution >= 0.6 is 7.82 Å². The van der Waals surface area contributed by atoms with Crippen molar-refractivity contribution in [3.8, 4) is 0 Å². The molecule has 0 rings (SSSR count). The second kappa shape index (κ2) is 58.4. The van der Waals surface area contributed by atoms with Crippen molar-refractivity contribution in [1.82, 2.24) is 5.32 Å². The van der Waals surface area contributed by atoms with Gasteiger partial charge in [0.15, 0.2) is 0 Å². The number of likely N-dealkylation sites (N-methyl/N-ethyl adjacent to an activating group) is 1. The van der Waals surface area contributed by atoms with Crippen LogP contribution in [-0.2, 0) is 18.4 Å². The standard InChI is InChI=1S/C67H131N2O6P/c1-6-8-10-12-14-16-18-20-22-24-26-28-30-32-33-34-35-37-39-41-43-45-47-49-51-53-55-57-59-61-67(71)68-65(64-75-76(72,73)74-63-62-69(3,4)5)66(70)60-58-56-54-52-50-48-46-44-42-40-38-36-31-29-27-25-23-21-19-17-15-13-11-9-7-2/h42,44,50,52,58,60,65-66,70H,6-41,43,45-49,51,53-57,59,61-64H2,1-5H3,(H-,68,71,72,73)/b44-42+,52-50+,60-58+. The van der Waals surface area contributed by atoms with Crippen LogP contribution in [0.2, 0.25) is 0 Å². The molecule has 3 unspecified atom stereocenters. The van der Waals surface area contributed by atoms with Gasteiger partial charge in [-0.3, -0.25) is 9.36 Å². The first kappa shape index (κ1) is 74.7. The number of nitrogens with one attached hydrogen (secondary N) is 1. The van der Waals surface area contributed by atoms with Crippen LogP contribution in [0.3, 0.4) is 0 Å². The molecule has 3 atom stereocenters. The Morgan fingerprint density at radius 2 is 0.737 bits per heavy atom. The number of carbonyl (C=O) groups excluding carboxylic acids is 1. The molecule has 1 amide bonds. The van der Waals surface area contributed by atoms with Crippen LogP contribution in [0, 0.1) is 0 Å². The summed E-state index contributed by atoms with van der Waals surface area (Å²) in [5.74, 6) is -0.204. The summed E-state index contributed by atoms with van der Waals surface area (Å²) in [5.41, 5.74) is 0. The maximum absolute atomic E-state index is 13.0. The summed E-state index contributed by atoms with van der Waals surface area (Å²) in [6.07, 6.45) is 76.9. The fraction of sp³-hybridized carbons (Fsp3) is 0.896. The predicted octanol–water partition coefficient (Wildman–Crippen LogP) is 20.3. The first-order valence-electron chi connectivity index (χ1n) is 33.4. The van der Waals surface area contributed by atoms with Gasteiger partial charge in [-0.05, 0) is 44.9 Å². The summed E-state index contributed by atoms with van der Waals surface area (Å²) in [6, 6.07) is -0.909. The van der Waals surface area contributed by atoms with Crippen LogP contribution in [0.4, 0.5) is 0 Å². The Morgan fingerprint density at radius 1 is 0.447 bits per heavy atom. The fourth-order valence-corrected chi connectivity index (χ4v) is 10.9. The Bertz CT molecular complexity index is 1330. The minimum atomic E-state index is -4.61. The molecular formula is C67H131N2O6P. The molecule has 0 heterocycles. The van der Waals surface area contributed by atoms with Crippen molar-refractivity contribution in [2.75, 3.05) is 40.9 Å². The van der Waals surface area contributed by atoms with Gasteiger partial charge in [0, 0.05) is 6.42 Å². The number of phosphoric ester groups is 1. The average Bonchev–Trinajstić information content (AvgIpc) is 3.38. The minimum absolute atomic E-state index is 0.00715. The molecule has 0 saturated heterocycles. The molecule has 0 radical (unpaired) electrons. The van der Waals surface area contributed by atoms with E-state index in [0.29, 0.717) is 17.4 Å². The van der Waals surface area contributed by atoms with Gasteiger partial charge in [0.2, 0.25) is 5.91 Å². The molecular weight excluding hydrogens is 960 g/mol. The Balaban J connectivity index is 4.13. The molecule has 9 heteroatoms. The van der Waals surface area contributed by atoms with Crippen LogP contribution in [-0.4, -0.2) is 68.5 Å². The lowest BCUT2D eigenvalue weighted by atomic mass is 10.0. The summed E-state index contributed by atoms with van der Waals surface area (Å²) in [6.45, 7) is 4.68. The first-order valence-corrected chi connectivity index (χ1v) is 34.8. The van der Waals surface area contributed by atoms with Crippen molar-refractivity contribution in [3.63, 3.8) is 0 Å². The lowest BCUT2D eigenvalue weighted by molar-refractivity contribution is -0.870. The molecule has 0 bridgehead atoms. The number of hydrogen-bond donors (Lipinski definition) is 2. The highest BCUT2D eigenvalue weighted by molar-refractivity contribution is 7.45. The summed E-state index contributed by atoms with van der Waals surface area (Å²) >= 11 is 0. The maximum Gasteiger partial charge on any atom is 0.268 e. The number of nitrogens with zero attached hydrogens (tertiary/aromatic N) is 1. The van der Waals surface area contributed by atoms with E-state index in [1.165, 1.54) is 270 Å². The summed E-state index contributed by atoms with van der Waals surface area (Å²) in [4.78, 5) is 25.6. The van der Waals surface area contributed by atoms with Gasteiger partial charge in [0.25, 0.3) is 7.82 Å². The maximum atomic E-state index is 13.0. The van der Waals surface area contributed by atoms with Crippen LogP contribution in [0.1, 0.15) is 335 Å². The second-order valence-corrected chi connectivity index (χ2v) is 25.6. The first-order chi connectivity index (χ1) is 37.0. The molecule has 0 aromatic heterocycles. The average molecular weight is 1090 g/mol. The summed E-state index contributed by atoms with van der Waals surface area (Å²) < 4.78 is 23.4. The van der Waals surface area contributed by atoms with Gasteiger partial charge in [-0.1, -0.05) is 320 Å². The predicted molar refractivity (Wildman–Crippen MR) is 330 cm³/mol. The highest BCUT2D eigenvalue weighted by Crippen LogP contribution is 2.38. The van der Waals surface area contributed by atoms with Crippen molar-refractivity contribution in [1.29, 1.82) is 0 Å². The highest BCUT2D eigenvalue weighted by Gasteiger charge is 2.23. The van der Waals surface area contributed by atoms with Crippen molar-refractivity contribution in [3.05, 3.63) is 36.5 Å². The van der Waals surface area contributed by atoms with E-state index in [2.05, 4.69) is 43.5 Å². The van der Waals surface area contributed by atoms with E-state index in [1.807, 2.05) is 27.2 Å². The van der Waals surface area contributed by atoms with E-state index in [4.69, 9.17) is 9.05 Å². The number of aliphatic hydroxyl groups is 1. The van der Waals surface area contributed by atoms with Crippen LogP contribution in [0.15, 0.2) is 36.5 Å². The zero-order chi connectivity index (χ0) is 55.6. The van der Waals surface area contributed by atoms with Crippen molar-refractivity contribution >= 4 is 13.7 Å². The third kappa shape index (κ3) is 60.4. The number of rotatable bonds is 62. The Morgan fingerprint density at radius 3 is 1.07 bits per heavy atom. The number of carbonyl (C=O) groups is 1.